The number of benzene rings is 2. The molecule has 1 aliphatic rings. The summed E-state index contributed by atoms with van der Waals surface area (Å²) in [6, 6.07) is 15.6. The van der Waals surface area contributed by atoms with Gasteiger partial charge in [0.15, 0.2) is 0 Å². The molecule has 9 heteroatoms. The number of imidazole rings is 1. The maximum Gasteiger partial charge on any atom is 0.410 e. The molecular formula is C32H45N5O4. The number of aromatic nitrogens is 2. The van der Waals surface area contributed by atoms with E-state index < -0.39 is 5.60 Å². The van der Waals surface area contributed by atoms with E-state index in [9.17, 15) is 9.59 Å². The highest BCUT2D eigenvalue weighted by atomic mass is 16.6. The molecule has 2 heterocycles. The molecule has 1 saturated heterocycles. The molecule has 41 heavy (non-hydrogen) atoms. The highest BCUT2D eigenvalue weighted by Gasteiger charge is 2.34. The Morgan fingerprint density at radius 3 is 2.44 bits per heavy atom. The third kappa shape index (κ3) is 7.51. The molecule has 1 aliphatic heterocycles. The molecule has 222 valence electrons. The number of carbonyl (C=O) groups is 2. The van der Waals surface area contributed by atoms with E-state index in [1.165, 1.54) is 0 Å². The standard InChI is InChI=1S/C32H45N5O4/c1-22(31(2,3)4)36(29(38)40-21-23-12-9-8-10-13-23)19-24-15-16-27-26(18-24)34-28(33)37(27)20-25-14-11-17-35(25)30(39)41-32(5,6)7/h8-10,12-13,15-16,18,22,25H,11,14,17,19-21H2,1-7H3,(H2,33,34)/t22-,25?/m0/s1. The molecule has 3 aromatic rings. The van der Waals surface area contributed by atoms with Gasteiger partial charge >= 0.3 is 12.2 Å². The molecule has 0 radical (unpaired) electrons. The van der Waals surface area contributed by atoms with E-state index in [0.717, 1.165) is 35.0 Å². The monoisotopic (exact) mass is 563 g/mol. The van der Waals surface area contributed by atoms with Gasteiger partial charge < -0.3 is 29.6 Å². The summed E-state index contributed by atoms with van der Waals surface area (Å²) in [5.41, 5.74) is 9.21. The van der Waals surface area contributed by atoms with Crippen LogP contribution < -0.4 is 5.73 Å². The lowest BCUT2D eigenvalue weighted by molar-refractivity contribution is 0.0215. The first kappa shape index (κ1) is 30.2. The van der Waals surface area contributed by atoms with E-state index >= 15 is 0 Å². The fourth-order valence-electron chi connectivity index (χ4n) is 5.11. The number of fused-ring (bicyclic) bond motifs is 1. The Kier molecular flexibility index (Phi) is 8.85. The van der Waals surface area contributed by atoms with E-state index in [1.54, 1.807) is 9.80 Å². The molecule has 0 aliphatic carbocycles. The van der Waals surface area contributed by atoms with Crippen LogP contribution in [-0.2, 0) is 29.2 Å². The average molecular weight is 564 g/mol. The predicted octanol–water partition coefficient (Wildman–Crippen LogP) is 6.59. The number of likely N-dealkylation sites (tertiary alicyclic amines) is 1. The van der Waals surface area contributed by atoms with Gasteiger partial charge in [-0.3, -0.25) is 0 Å². The fourth-order valence-corrected chi connectivity index (χ4v) is 5.11. The van der Waals surface area contributed by atoms with Gasteiger partial charge in [-0.1, -0.05) is 57.2 Å². The quantitative estimate of drug-likeness (QED) is 0.348. The van der Waals surface area contributed by atoms with E-state index in [2.05, 4.69) is 25.8 Å². The zero-order valence-electron chi connectivity index (χ0n) is 25.5. The van der Waals surface area contributed by atoms with Gasteiger partial charge in [0.05, 0.1) is 17.1 Å². The highest BCUT2D eigenvalue weighted by molar-refractivity contribution is 5.79. The number of nitrogens with zero attached hydrogens (tertiary/aromatic N) is 4. The Labute approximate surface area is 243 Å². The molecule has 1 unspecified atom stereocenters. The van der Waals surface area contributed by atoms with Crippen LogP contribution in [0.2, 0.25) is 0 Å². The predicted molar refractivity (Wildman–Crippen MR) is 161 cm³/mol. The average Bonchev–Trinajstić information content (AvgIpc) is 3.48. The second kappa shape index (κ2) is 12.0. The summed E-state index contributed by atoms with van der Waals surface area (Å²) in [4.78, 5) is 34.3. The van der Waals surface area contributed by atoms with E-state index in [4.69, 9.17) is 15.2 Å². The third-order valence-corrected chi connectivity index (χ3v) is 7.75. The lowest BCUT2D eigenvalue weighted by atomic mass is 9.87. The molecule has 1 fully saturated rings. The maximum atomic E-state index is 13.3. The van der Waals surface area contributed by atoms with Crippen molar-refractivity contribution >= 4 is 29.2 Å². The number of nitrogen functional groups attached to an aromatic ring is 1. The highest BCUT2D eigenvalue weighted by Crippen LogP contribution is 2.29. The molecule has 0 spiro atoms. The number of rotatable bonds is 7. The SMILES string of the molecule is C[C@H](N(Cc1ccc2c(c1)nc(N)n2CC1CCCN1C(=O)OC(C)(C)C)C(=O)OCc1ccccc1)C(C)(C)C. The first-order chi connectivity index (χ1) is 19.2. The lowest BCUT2D eigenvalue weighted by Gasteiger charge is -2.37. The van der Waals surface area contributed by atoms with Crippen LogP contribution in [0.4, 0.5) is 15.5 Å². The first-order valence-electron chi connectivity index (χ1n) is 14.4. The van der Waals surface area contributed by atoms with Crippen LogP contribution in [0.3, 0.4) is 0 Å². The van der Waals surface area contributed by atoms with Gasteiger partial charge in [0, 0.05) is 25.7 Å². The molecule has 2 amide bonds. The van der Waals surface area contributed by atoms with Crippen molar-refractivity contribution in [1.82, 2.24) is 19.4 Å². The van der Waals surface area contributed by atoms with Crippen LogP contribution >= 0.6 is 0 Å². The van der Waals surface area contributed by atoms with Crippen molar-refractivity contribution in [1.29, 1.82) is 0 Å². The van der Waals surface area contributed by atoms with E-state index in [0.29, 0.717) is 25.6 Å². The van der Waals surface area contributed by atoms with Gasteiger partial charge in [-0.05, 0) is 69.2 Å². The Balaban J connectivity index is 1.52. The zero-order valence-corrected chi connectivity index (χ0v) is 25.5. The number of nitrogens with two attached hydrogens (primary N) is 1. The van der Waals surface area contributed by atoms with Crippen molar-refractivity contribution in [3.63, 3.8) is 0 Å². The summed E-state index contributed by atoms with van der Waals surface area (Å²) in [5.74, 6) is 0.398. The van der Waals surface area contributed by atoms with Crippen LogP contribution in [-0.4, -0.2) is 55.8 Å². The van der Waals surface area contributed by atoms with Crippen LogP contribution in [0, 0.1) is 5.41 Å². The molecule has 0 saturated carbocycles. The van der Waals surface area contributed by atoms with Crippen LogP contribution in [0.25, 0.3) is 11.0 Å². The molecule has 0 bridgehead atoms. The van der Waals surface area contributed by atoms with Crippen molar-refractivity contribution in [3.05, 3.63) is 59.7 Å². The largest absolute Gasteiger partial charge is 0.445 e. The number of amides is 2. The van der Waals surface area contributed by atoms with Gasteiger partial charge in [-0.2, -0.15) is 0 Å². The Morgan fingerprint density at radius 1 is 1.07 bits per heavy atom. The Morgan fingerprint density at radius 2 is 1.78 bits per heavy atom. The van der Waals surface area contributed by atoms with Gasteiger partial charge in [-0.25, -0.2) is 14.6 Å². The van der Waals surface area contributed by atoms with Crippen molar-refractivity contribution in [3.8, 4) is 0 Å². The minimum Gasteiger partial charge on any atom is -0.445 e. The summed E-state index contributed by atoms with van der Waals surface area (Å²) in [5, 5.41) is 0. The fraction of sp³-hybridized carbons (Fsp3) is 0.531. The summed E-state index contributed by atoms with van der Waals surface area (Å²) >= 11 is 0. The topological polar surface area (TPSA) is 103 Å². The normalized spacial score (nSPS) is 16.6. The van der Waals surface area contributed by atoms with Crippen molar-refractivity contribution in [2.75, 3.05) is 12.3 Å². The second-order valence-corrected chi connectivity index (χ2v) is 13.1. The summed E-state index contributed by atoms with van der Waals surface area (Å²) in [7, 11) is 0. The minimum atomic E-state index is -0.548. The molecule has 9 nitrogen and oxygen atoms in total. The van der Waals surface area contributed by atoms with Crippen molar-refractivity contribution < 1.29 is 19.1 Å². The summed E-state index contributed by atoms with van der Waals surface area (Å²) in [6.07, 6.45) is 1.15. The zero-order chi connectivity index (χ0) is 29.9. The van der Waals surface area contributed by atoms with E-state index in [-0.39, 0.29) is 36.3 Å². The Bertz CT molecular complexity index is 1360. The summed E-state index contributed by atoms with van der Waals surface area (Å²) < 4.78 is 13.3. The number of hydrogen-bond donors (Lipinski definition) is 1. The van der Waals surface area contributed by atoms with Crippen molar-refractivity contribution in [2.24, 2.45) is 5.41 Å². The van der Waals surface area contributed by atoms with Crippen LogP contribution in [0.5, 0.6) is 0 Å². The van der Waals surface area contributed by atoms with Crippen molar-refractivity contribution in [2.45, 2.75) is 98.7 Å². The molecule has 2 N–H and O–H groups in total. The van der Waals surface area contributed by atoms with Crippen LogP contribution in [0.1, 0.15) is 72.4 Å². The van der Waals surface area contributed by atoms with Gasteiger partial charge in [-0.15, -0.1) is 0 Å². The summed E-state index contributed by atoms with van der Waals surface area (Å²) in [6.45, 7) is 15.8. The number of ether oxygens (including phenoxy) is 2. The molecule has 4 rings (SSSR count). The molecular weight excluding hydrogens is 518 g/mol. The van der Waals surface area contributed by atoms with E-state index in [1.807, 2.05) is 80.8 Å². The maximum absolute atomic E-state index is 13.3. The van der Waals surface area contributed by atoms with Gasteiger partial charge in [0.2, 0.25) is 5.95 Å². The third-order valence-electron chi connectivity index (χ3n) is 7.75. The number of carbonyl (C=O) groups excluding carboxylic acids is 2. The van der Waals surface area contributed by atoms with Crippen LogP contribution in [0.15, 0.2) is 48.5 Å². The Hall–Kier alpha value is -3.75. The van der Waals surface area contributed by atoms with Gasteiger partial charge in [0.1, 0.15) is 12.2 Å². The molecule has 2 aromatic carbocycles. The molecule has 2 atom stereocenters. The number of anilines is 1. The second-order valence-electron chi connectivity index (χ2n) is 13.1. The molecule has 1 aromatic heterocycles. The first-order valence-corrected chi connectivity index (χ1v) is 14.4. The number of hydrogen-bond acceptors (Lipinski definition) is 6. The smallest absolute Gasteiger partial charge is 0.410 e. The lowest BCUT2D eigenvalue weighted by Crippen LogP contribution is -2.45. The van der Waals surface area contributed by atoms with Gasteiger partial charge in [0.25, 0.3) is 0 Å². The minimum absolute atomic E-state index is 0.0215.